The second-order valence-electron chi connectivity index (χ2n) is 2.29. The van der Waals surface area contributed by atoms with Crippen molar-refractivity contribution in [1.82, 2.24) is 9.97 Å². The Labute approximate surface area is 79.2 Å². The van der Waals surface area contributed by atoms with E-state index < -0.39 is 0 Å². The first-order chi connectivity index (χ1) is 5.79. The Balaban J connectivity index is 2.91. The summed E-state index contributed by atoms with van der Waals surface area (Å²) in [6.45, 7) is 0. The molecule has 60 valence electrons. The van der Waals surface area contributed by atoms with Crippen LogP contribution in [-0.4, -0.2) is 9.97 Å². The number of nitrogens with zero attached hydrogens (tertiary/aromatic N) is 2. The summed E-state index contributed by atoms with van der Waals surface area (Å²) in [5, 5.41) is 1.75. The SMILES string of the molecule is Clc1cnc2ncccc2c1Cl. The summed E-state index contributed by atoms with van der Waals surface area (Å²) < 4.78 is 0. The van der Waals surface area contributed by atoms with E-state index in [4.69, 9.17) is 23.2 Å². The largest absolute Gasteiger partial charge is 0.237 e. The van der Waals surface area contributed by atoms with Crippen molar-refractivity contribution in [1.29, 1.82) is 0 Å². The van der Waals surface area contributed by atoms with E-state index in [-0.39, 0.29) is 0 Å². The van der Waals surface area contributed by atoms with E-state index in [1.54, 1.807) is 12.3 Å². The molecule has 0 saturated carbocycles. The molecule has 2 rings (SSSR count). The Morgan fingerprint density at radius 3 is 2.83 bits per heavy atom. The first kappa shape index (κ1) is 7.77. The fraction of sp³-hybridized carbons (Fsp3) is 0. The van der Waals surface area contributed by atoms with Gasteiger partial charge in [-0.25, -0.2) is 9.97 Å². The fourth-order valence-corrected chi connectivity index (χ4v) is 1.32. The van der Waals surface area contributed by atoms with Crippen LogP contribution in [0.2, 0.25) is 10.0 Å². The maximum absolute atomic E-state index is 5.91. The molecule has 0 amide bonds. The van der Waals surface area contributed by atoms with Gasteiger partial charge in [0.1, 0.15) is 0 Å². The number of halogens is 2. The van der Waals surface area contributed by atoms with Gasteiger partial charge in [-0.3, -0.25) is 0 Å². The van der Waals surface area contributed by atoms with Crippen LogP contribution in [0.1, 0.15) is 0 Å². The summed E-state index contributed by atoms with van der Waals surface area (Å²) in [7, 11) is 0. The van der Waals surface area contributed by atoms with Gasteiger partial charge in [0.05, 0.1) is 10.0 Å². The fourth-order valence-electron chi connectivity index (χ4n) is 0.974. The summed E-state index contributed by atoms with van der Waals surface area (Å²) >= 11 is 11.7. The van der Waals surface area contributed by atoms with Crippen LogP contribution in [0.3, 0.4) is 0 Å². The van der Waals surface area contributed by atoms with Gasteiger partial charge in [0.2, 0.25) is 0 Å². The molecule has 2 heterocycles. The van der Waals surface area contributed by atoms with E-state index in [2.05, 4.69) is 9.97 Å². The predicted molar refractivity (Wildman–Crippen MR) is 49.6 cm³/mol. The predicted octanol–water partition coefficient (Wildman–Crippen LogP) is 2.94. The molecule has 0 atom stereocenters. The molecular weight excluding hydrogens is 195 g/mol. The van der Waals surface area contributed by atoms with Crippen LogP contribution in [0.5, 0.6) is 0 Å². The van der Waals surface area contributed by atoms with Crippen molar-refractivity contribution in [2.24, 2.45) is 0 Å². The van der Waals surface area contributed by atoms with Crippen LogP contribution in [-0.2, 0) is 0 Å². The molecule has 0 N–H and O–H groups in total. The van der Waals surface area contributed by atoms with E-state index in [1.165, 1.54) is 6.20 Å². The lowest BCUT2D eigenvalue weighted by Gasteiger charge is -1.98. The minimum atomic E-state index is 0.456. The van der Waals surface area contributed by atoms with Gasteiger partial charge < -0.3 is 0 Å². The minimum absolute atomic E-state index is 0.456. The standard InChI is InChI=1S/C8H4Cl2N2/c9-6-4-12-8-5(7(6)10)2-1-3-11-8/h1-4H. The summed E-state index contributed by atoms with van der Waals surface area (Å²) in [6, 6.07) is 3.63. The molecule has 0 unspecified atom stereocenters. The van der Waals surface area contributed by atoms with E-state index in [1.807, 2.05) is 6.07 Å². The normalized spacial score (nSPS) is 10.5. The van der Waals surface area contributed by atoms with Crippen LogP contribution >= 0.6 is 23.2 Å². The molecule has 0 bridgehead atoms. The van der Waals surface area contributed by atoms with E-state index in [0.717, 1.165) is 5.39 Å². The Kier molecular flexibility index (Phi) is 1.87. The quantitative estimate of drug-likeness (QED) is 0.651. The molecule has 0 aliphatic heterocycles. The zero-order valence-corrected chi connectivity index (χ0v) is 7.47. The lowest BCUT2D eigenvalue weighted by Crippen LogP contribution is -1.83. The molecule has 2 aromatic rings. The molecule has 0 spiro atoms. The lowest BCUT2D eigenvalue weighted by molar-refractivity contribution is 1.29. The van der Waals surface area contributed by atoms with Crippen LogP contribution in [0.15, 0.2) is 24.5 Å². The Bertz CT molecular complexity index is 428. The second kappa shape index (κ2) is 2.88. The van der Waals surface area contributed by atoms with Crippen molar-refractivity contribution < 1.29 is 0 Å². The van der Waals surface area contributed by atoms with Crippen LogP contribution in [0.25, 0.3) is 11.0 Å². The van der Waals surface area contributed by atoms with E-state index in [9.17, 15) is 0 Å². The third-order valence-electron chi connectivity index (χ3n) is 1.53. The smallest absolute Gasteiger partial charge is 0.160 e. The van der Waals surface area contributed by atoms with Crippen LogP contribution < -0.4 is 0 Å². The molecule has 0 aromatic carbocycles. The zero-order valence-electron chi connectivity index (χ0n) is 5.96. The lowest BCUT2D eigenvalue weighted by atomic mass is 10.3. The van der Waals surface area contributed by atoms with Gasteiger partial charge in [0, 0.05) is 17.8 Å². The Hall–Kier alpha value is -0.860. The number of fused-ring (bicyclic) bond motifs is 1. The average molecular weight is 199 g/mol. The number of hydrogen-bond donors (Lipinski definition) is 0. The molecule has 0 fully saturated rings. The van der Waals surface area contributed by atoms with Gasteiger partial charge in [-0.2, -0.15) is 0 Å². The second-order valence-corrected chi connectivity index (χ2v) is 3.08. The van der Waals surface area contributed by atoms with Crippen LogP contribution in [0.4, 0.5) is 0 Å². The molecule has 12 heavy (non-hydrogen) atoms. The molecule has 0 radical (unpaired) electrons. The number of hydrogen-bond acceptors (Lipinski definition) is 2. The van der Waals surface area contributed by atoms with E-state index >= 15 is 0 Å². The topological polar surface area (TPSA) is 25.8 Å². The van der Waals surface area contributed by atoms with Gasteiger partial charge in [-0.05, 0) is 12.1 Å². The van der Waals surface area contributed by atoms with Crippen molar-refractivity contribution in [2.45, 2.75) is 0 Å². The summed E-state index contributed by atoms with van der Waals surface area (Å²) in [6.07, 6.45) is 3.17. The van der Waals surface area contributed by atoms with Crippen LogP contribution in [0, 0.1) is 0 Å². The van der Waals surface area contributed by atoms with Crippen molar-refractivity contribution in [3.05, 3.63) is 34.6 Å². The first-order valence-corrected chi connectivity index (χ1v) is 4.09. The highest BCUT2D eigenvalue weighted by atomic mass is 35.5. The molecule has 2 aromatic heterocycles. The maximum Gasteiger partial charge on any atom is 0.160 e. The minimum Gasteiger partial charge on any atom is -0.237 e. The molecule has 0 aliphatic rings. The third-order valence-corrected chi connectivity index (χ3v) is 2.32. The Morgan fingerprint density at radius 2 is 2.00 bits per heavy atom. The first-order valence-electron chi connectivity index (χ1n) is 3.34. The highest BCUT2D eigenvalue weighted by molar-refractivity contribution is 6.44. The summed E-state index contributed by atoms with van der Waals surface area (Å²) in [4.78, 5) is 8.04. The highest BCUT2D eigenvalue weighted by Gasteiger charge is 2.03. The zero-order chi connectivity index (χ0) is 8.55. The van der Waals surface area contributed by atoms with Crippen molar-refractivity contribution in [3.8, 4) is 0 Å². The van der Waals surface area contributed by atoms with Gasteiger partial charge in [0.15, 0.2) is 5.65 Å². The van der Waals surface area contributed by atoms with Gasteiger partial charge in [-0.1, -0.05) is 23.2 Å². The molecule has 2 nitrogen and oxygen atoms in total. The molecule has 0 aliphatic carbocycles. The average Bonchev–Trinajstić information content (AvgIpc) is 2.12. The van der Waals surface area contributed by atoms with Crippen molar-refractivity contribution >= 4 is 34.2 Å². The maximum atomic E-state index is 5.91. The van der Waals surface area contributed by atoms with E-state index in [0.29, 0.717) is 15.7 Å². The highest BCUT2D eigenvalue weighted by Crippen LogP contribution is 2.27. The monoisotopic (exact) mass is 198 g/mol. The summed E-state index contributed by atoms with van der Waals surface area (Å²) in [5.41, 5.74) is 0.618. The number of aromatic nitrogens is 2. The molecule has 4 heteroatoms. The number of pyridine rings is 2. The van der Waals surface area contributed by atoms with Gasteiger partial charge in [0.25, 0.3) is 0 Å². The Morgan fingerprint density at radius 1 is 1.17 bits per heavy atom. The van der Waals surface area contributed by atoms with Gasteiger partial charge in [-0.15, -0.1) is 0 Å². The number of rotatable bonds is 0. The van der Waals surface area contributed by atoms with Crippen molar-refractivity contribution in [2.75, 3.05) is 0 Å². The van der Waals surface area contributed by atoms with Gasteiger partial charge >= 0.3 is 0 Å². The third kappa shape index (κ3) is 1.13. The summed E-state index contributed by atoms with van der Waals surface area (Å²) in [5.74, 6) is 0. The molecular formula is C8H4Cl2N2. The van der Waals surface area contributed by atoms with Crippen molar-refractivity contribution in [3.63, 3.8) is 0 Å². The molecule has 0 saturated heterocycles.